The Labute approximate surface area is 161 Å². The van der Waals surface area contributed by atoms with E-state index in [1.165, 1.54) is 7.11 Å². The standard InChI is InChI=1S/C20H26N2O4S/c1-15-10-11-19(26-3)18(12-15)22(27(4,24)25)14-20(23)21-13-16(2)17-8-6-5-7-9-17/h5-12,16H,13-14H2,1-4H3,(H,21,23). The van der Waals surface area contributed by atoms with Crippen LogP contribution in [0.3, 0.4) is 0 Å². The highest BCUT2D eigenvalue weighted by atomic mass is 32.2. The molecule has 0 saturated heterocycles. The summed E-state index contributed by atoms with van der Waals surface area (Å²) in [5.74, 6) is 0.151. The molecule has 0 radical (unpaired) electrons. The van der Waals surface area contributed by atoms with Crippen LogP contribution in [-0.2, 0) is 14.8 Å². The molecule has 1 atom stereocenters. The second kappa shape index (κ2) is 8.90. The van der Waals surface area contributed by atoms with Gasteiger partial charge in [-0.1, -0.05) is 43.3 Å². The Bertz CT molecular complexity index is 882. The number of rotatable bonds is 8. The lowest BCUT2D eigenvalue weighted by Gasteiger charge is -2.24. The van der Waals surface area contributed by atoms with Crippen LogP contribution in [0.2, 0.25) is 0 Å². The van der Waals surface area contributed by atoms with Crippen LogP contribution >= 0.6 is 0 Å². The van der Waals surface area contributed by atoms with E-state index in [0.29, 0.717) is 18.0 Å². The summed E-state index contributed by atoms with van der Waals surface area (Å²) in [5.41, 5.74) is 2.34. The topological polar surface area (TPSA) is 75.7 Å². The summed E-state index contributed by atoms with van der Waals surface area (Å²) in [6.45, 7) is 3.98. The fourth-order valence-electron chi connectivity index (χ4n) is 2.73. The van der Waals surface area contributed by atoms with E-state index in [9.17, 15) is 13.2 Å². The number of sulfonamides is 1. The van der Waals surface area contributed by atoms with Gasteiger partial charge in [-0.15, -0.1) is 0 Å². The molecule has 0 saturated carbocycles. The number of amides is 1. The highest BCUT2D eigenvalue weighted by Crippen LogP contribution is 2.30. The third-order valence-electron chi connectivity index (χ3n) is 4.26. The SMILES string of the molecule is COc1ccc(C)cc1N(CC(=O)NCC(C)c1ccccc1)S(C)(=O)=O. The Morgan fingerprint density at radius 3 is 2.44 bits per heavy atom. The van der Waals surface area contributed by atoms with Crippen LogP contribution in [0.15, 0.2) is 48.5 Å². The number of nitrogens with one attached hydrogen (secondary N) is 1. The van der Waals surface area contributed by atoms with Gasteiger partial charge in [-0.3, -0.25) is 9.10 Å². The lowest BCUT2D eigenvalue weighted by Crippen LogP contribution is -2.41. The first-order chi connectivity index (χ1) is 12.7. The number of hydrogen-bond acceptors (Lipinski definition) is 4. The summed E-state index contributed by atoms with van der Waals surface area (Å²) >= 11 is 0. The van der Waals surface area contributed by atoms with E-state index in [1.54, 1.807) is 12.1 Å². The summed E-state index contributed by atoms with van der Waals surface area (Å²) in [6, 6.07) is 15.0. The third kappa shape index (κ3) is 5.72. The van der Waals surface area contributed by atoms with Crippen LogP contribution in [0.4, 0.5) is 5.69 Å². The number of hydrogen-bond donors (Lipinski definition) is 1. The minimum atomic E-state index is -3.66. The molecule has 6 nitrogen and oxygen atoms in total. The van der Waals surface area contributed by atoms with E-state index in [2.05, 4.69) is 5.32 Å². The molecule has 1 unspecified atom stereocenters. The van der Waals surface area contributed by atoms with Gasteiger partial charge in [0.1, 0.15) is 12.3 Å². The summed E-state index contributed by atoms with van der Waals surface area (Å²) in [5, 5.41) is 2.82. The van der Waals surface area contributed by atoms with Gasteiger partial charge in [0.15, 0.2) is 0 Å². The number of anilines is 1. The van der Waals surface area contributed by atoms with Crippen molar-refractivity contribution in [2.24, 2.45) is 0 Å². The van der Waals surface area contributed by atoms with Gasteiger partial charge in [0.25, 0.3) is 0 Å². The number of carbonyl (C=O) groups excluding carboxylic acids is 1. The van der Waals surface area contributed by atoms with Crippen molar-refractivity contribution in [3.8, 4) is 5.75 Å². The van der Waals surface area contributed by atoms with Crippen molar-refractivity contribution in [2.75, 3.05) is 30.8 Å². The number of aryl methyl sites for hydroxylation is 1. The second-order valence-electron chi connectivity index (χ2n) is 6.56. The fourth-order valence-corrected chi connectivity index (χ4v) is 3.58. The molecule has 0 spiro atoms. The van der Waals surface area contributed by atoms with E-state index < -0.39 is 10.0 Å². The van der Waals surface area contributed by atoms with Gasteiger partial charge < -0.3 is 10.1 Å². The molecule has 27 heavy (non-hydrogen) atoms. The maximum atomic E-state index is 12.4. The van der Waals surface area contributed by atoms with Crippen LogP contribution in [0.1, 0.15) is 24.0 Å². The Morgan fingerprint density at radius 2 is 1.85 bits per heavy atom. The molecule has 7 heteroatoms. The Morgan fingerprint density at radius 1 is 1.19 bits per heavy atom. The van der Waals surface area contributed by atoms with E-state index in [4.69, 9.17) is 4.74 Å². The van der Waals surface area contributed by atoms with Gasteiger partial charge in [-0.2, -0.15) is 0 Å². The number of ether oxygens (including phenoxy) is 1. The molecule has 2 aromatic carbocycles. The summed E-state index contributed by atoms with van der Waals surface area (Å²) in [4.78, 5) is 12.4. The first-order valence-electron chi connectivity index (χ1n) is 8.66. The molecule has 0 aliphatic carbocycles. The summed E-state index contributed by atoms with van der Waals surface area (Å²) in [6.07, 6.45) is 1.08. The second-order valence-corrected chi connectivity index (χ2v) is 8.47. The van der Waals surface area contributed by atoms with E-state index in [0.717, 1.165) is 21.7 Å². The van der Waals surface area contributed by atoms with Crippen molar-refractivity contribution in [1.29, 1.82) is 0 Å². The average molecular weight is 391 g/mol. The van der Waals surface area contributed by atoms with Gasteiger partial charge in [0.05, 0.1) is 19.1 Å². The molecule has 0 fully saturated rings. The van der Waals surface area contributed by atoms with Crippen molar-refractivity contribution in [3.63, 3.8) is 0 Å². The van der Waals surface area contributed by atoms with E-state index in [-0.39, 0.29) is 18.4 Å². The van der Waals surface area contributed by atoms with Crippen molar-refractivity contribution < 1.29 is 17.9 Å². The van der Waals surface area contributed by atoms with Crippen LogP contribution in [-0.4, -0.2) is 40.8 Å². The molecule has 1 amide bonds. The molecule has 0 bridgehead atoms. The van der Waals surface area contributed by atoms with Crippen LogP contribution in [0.25, 0.3) is 0 Å². The Kier molecular flexibility index (Phi) is 6.85. The number of carbonyl (C=O) groups is 1. The van der Waals surface area contributed by atoms with Gasteiger partial charge in [-0.05, 0) is 36.1 Å². The number of benzene rings is 2. The predicted molar refractivity (Wildman–Crippen MR) is 108 cm³/mol. The fraction of sp³-hybridized carbons (Fsp3) is 0.350. The number of methoxy groups -OCH3 is 1. The normalized spacial score (nSPS) is 12.3. The summed E-state index contributed by atoms with van der Waals surface area (Å²) in [7, 11) is -2.19. The highest BCUT2D eigenvalue weighted by molar-refractivity contribution is 7.92. The largest absolute Gasteiger partial charge is 0.495 e. The maximum Gasteiger partial charge on any atom is 0.240 e. The quantitative estimate of drug-likeness (QED) is 0.752. The molecule has 0 aliphatic heterocycles. The summed E-state index contributed by atoms with van der Waals surface area (Å²) < 4.78 is 30.9. The van der Waals surface area contributed by atoms with Crippen molar-refractivity contribution in [1.82, 2.24) is 5.32 Å². The maximum absolute atomic E-state index is 12.4. The Hall–Kier alpha value is -2.54. The molecule has 0 aromatic heterocycles. The van der Waals surface area contributed by atoms with Gasteiger partial charge in [0, 0.05) is 6.54 Å². The first-order valence-corrected chi connectivity index (χ1v) is 10.5. The van der Waals surface area contributed by atoms with Gasteiger partial charge in [0.2, 0.25) is 15.9 Å². The molecule has 0 heterocycles. The first kappa shape index (κ1) is 20.8. The lowest BCUT2D eigenvalue weighted by atomic mass is 10.0. The zero-order valence-electron chi connectivity index (χ0n) is 16.1. The molecular weight excluding hydrogens is 364 g/mol. The molecule has 2 rings (SSSR count). The average Bonchev–Trinajstić information content (AvgIpc) is 2.64. The van der Waals surface area contributed by atoms with Crippen LogP contribution in [0.5, 0.6) is 5.75 Å². The molecule has 0 aliphatic rings. The lowest BCUT2D eigenvalue weighted by molar-refractivity contribution is -0.119. The minimum Gasteiger partial charge on any atom is -0.495 e. The van der Waals surface area contributed by atoms with E-state index in [1.807, 2.05) is 50.2 Å². The molecular formula is C20H26N2O4S. The highest BCUT2D eigenvalue weighted by Gasteiger charge is 2.24. The molecule has 1 N–H and O–H groups in total. The monoisotopic (exact) mass is 390 g/mol. The van der Waals surface area contributed by atoms with Gasteiger partial charge in [-0.25, -0.2) is 8.42 Å². The third-order valence-corrected chi connectivity index (χ3v) is 5.39. The van der Waals surface area contributed by atoms with Crippen molar-refractivity contribution in [2.45, 2.75) is 19.8 Å². The van der Waals surface area contributed by atoms with Crippen molar-refractivity contribution in [3.05, 3.63) is 59.7 Å². The zero-order valence-corrected chi connectivity index (χ0v) is 16.9. The van der Waals surface area contributed by atoms with Crippen LogP contribution in [0, 0.1) is 6.92 Å². The minimum absolute atomic E-state index is 0.121. The molecule has 2 aromatic rings. The smallest absolute Gasteiger partial charge is 0.240 e. The van der Waals surface area contributed by atoms with E-state index >= 15 is 0 Å². The van der Waals surface area contributed by atoms with Crippen LogP contribution < -0.4 is 14.4 Å². The van der Waals surface area contributed by atoms with Crippen molar-refractivity contribution >= 4 is 21.6 Å². The zero-order chi connectivity index (χ0) is 20.0. The Balaban J connectivity index is 2.13. The predicted octanol–water partition coefficient (Wildman–Crippen LogP) is 2.69. The number of nitrogens with zero attached hydrogens (tertiary/aromatic N) is 1. The van der Waals surface area contributed by atoms with Gasteiger partial charge >= 0.3 is 0 Å². The molecule has 146 valence electrons.